The van der Waals surface area contributed by atoms with Crippen molar-refractivity contribution in [2.24, 2.45) is 0 Å². The molecule has 0 amide bonds. The predicted octanol–water partition coefficient (Wildman–Crippen LogP) is 2.94. The molecule has 0 aliphatic heterocycles. The van der Waals surface area contributed by atoms with Crippen molar-refractivity contribution in [3.05, 3.63) is 58.7 Å². The van der Waals surface area contributed by atoms with Gasteiger partial charge in [-0.3, -0.25) is 0 Å². The molecule has 3 aromatic rings. The van der Waals surface area contributed by atoms with E-state index in [1.54, 1.807) is 0 Å². The fraction of sp³-hybridized carbons (Fsp3) is 0.0714. The molecule has 0 saturated heterocycles. The van der Waals surface area contributed by atoms with E-state index in [1.165, 1.54) is 12.5 Å². The topological polar surface area (TPSA) is 68.0 Å². The van der Waals surface area contributed by atoms with Crippen molar-refractivity contribution in [2.75, 3.05) is 0 Å². The minimum absolute atomic E-state index is 0.129. The van der Waals surface area contributed by atoms with Crippen LogP contribution in [0.15, 0.2) is 47.5 Å². The first kappa shape index (κ1) is 12.8. The number of carboxylic acids is 1. The van der Waals surface area contributed by atoms with Gasteiger partial charge in [0, 0.05) is 27.8 Å². The summed E-state index contributed by atoms with van der Waals surface area (Å²) in [5.41, 5.74) is 1.64. The third-order valence-electron chi connectivity index (χ3n) is 3.11. The van der Waals surface area contributed by atoms with Crippen LogP contribution in [-0.2, 0) is 6.54 Å². The summed E-state index contributed by atoms with van der Waals surface area (Å²) in [6.07, 6.45) is 4.61. The molecular formula is C14H10BrN3O2. The van der Waals surface area contributed by atoms with Crippen LogP contribution >= 0.6 is 15.9 Å². The number of carbonyl (C=O) groups is 1. The molecule has 1 aromatic carbocycles. The Hall–Kier alpha value is -2.21. The van der Waals surface area contributed by atoms with Gasteiger partial charge in [-0.2, -0.15) is 0 Å². The van der Waals surface area contributed by atoms with Crippen LogP contribution in [0.4, 0.5) is 0 Å². The molecule has 0 fully saturated rings. The lowest BCUT2D eigenvalue weighted by Crippen LogP contribution is -2.09. The minimum Gasteiger partial charge on any atom is -0.478 e. The number of fused-ring (bicyclic) bond motifs is 1. The maximum atomic E-state index is 11.2. The molecule has 3 rings (SSSR count). The third kappa shape index (κ3) is 2.18. The number of aromatic nitrogens is 3. The summed E-state index contributed by atoms with van der Waals surface area (Å²) < 4.78 is 2.98. The molecule has 2 aromatic heterocycles. The Morgan fingerprint density at radius 2 is 2.20 bits per heavy atom. The highest BCUT2D eigenvalue weighted by molar-refractivity contribution is 9.10. The van der Waals surface area contributed by atoms with Crippen molar-refractivity contribution in [1.29, 1.82) is 0 Å². The normalized spacial score (nSPS) is 10.8. The number of benzene rings is 1. The van der Waals surface area contributed by atoms with E-state index in [-0.39, 0.29) is 5.56 Å². The first-order valence-corrected chi connectivity index (χ1v) is 6.71. The summed E-state index contributed by atoms with van der Waals surface area (Å²) in [4.78, 5) is 19.0. The van der Waals surface area contributed by atoms with Crippen LogP contribution < -0.4 is 0 Å². The molecule has 6 heteroatoms. The molecule has 0 saturated carbocycles. The van der Waals surface area contributed by atoms with Crippen molar-refractivity contribution in [1.82, 2.24) is 14.5 Å². The summed E-state index contributed by atoms with van der Waals surface area (Å²) in [5, 5.41) is 10.2. The zero-order chi connectivity index (χ0) is 14.1. The fourth-order valence-corrected chi connectivity index (χ4v) is 2.63. The van der Waals surface area contributed by atoms with Gasteiger partial charge in [-0.05, 0) is 18.2 Å². The van der Waals surface area contributed by atoms with Crippen molar-refractivity contribution in [3.8, 4) is 0 Å². The molecule has 5 nitrogen and oxygen atoms in total. The van der Waals surface area contributed by atoms with Crippen LogP contribution in [0.2, 0.25) is 0 Å². The Balaban J connectivity index is 2.06. The highest BCUT2D eigenvalue weighted by Gasteiger charge is 2.13. The Morgan fingerprint density at radius 3 is 3.00 bits per heavy atom. The van der Waals surface area contributed by atoms with E-state index in [0.29, 0.717) is 12.2 Å². The van der Waals surface area contributed by atoms with E-state index in [2.05, 4.69) is 25.9 Å². The maximum Gasteiger partial charge on any atom is 0.339 e. The van der Waals surface area contributed by atoms with Gasteiger partial charge < -0.3 is 9.67 Å². The van der Waals surface area contributed by atoms with Gasteiger partial charge in [0.05, 0.1) is 12.2 Å². The van der Waals surface area contributed by atoms with Crippen LogP contribution in [0.25, 0.3) is 10.9 Å². The molecule has 100 valence electrons. The van der Waals surface area contributed by atoms with Crippen molar-refractivity contribution >= 4 is 32.8 Å². The molecule has 1 N–H and O–H groups in total. The SMILES string of the molecule is O=C(O)c1cncnc1Cn1ccc2c(Br)cccc21. The van der Waals surface area contributed by atoms with E-state index in [0.717, 1.165) is 15.4 Å². The second-order valence-electron chi connectivity index (χ2n) is 4.30. The number of hydrogen-bond donors (Lipinski definition) is 1. The predicted molar refractivity (Wildman–Crippen MR) is 77.7 cm³/mol. The van der Waals surface area contributed by atoms with Gasteiger partial charge in [-0.25, -0.2) is 14.8 Å². The van der Waals surface area contributed by atoms with E-state index >= 15 is 0 Å². The Morgan fingerprint density at radius 1 is 1.35 bits per heavy atom. The lowest BCUT2D eigenvalue weighted by Gasteiger charge is -2.07. The molecular weight excluding hydrogens is 322 g/mol. The Labute approximate surface area is 123 Å². The number of nitrogens with zero attached hydrogens (tertiary/aromatic N) is 3. The maximum absolute atomic E-state index is 11.2. The molecule has 0 bridgehead atoms. The summed E-state index contributed by atoms with van der Waals surface area (Å²) in [7, 11) is 0. The van der Waals surface area contributed by atoms with Crippen LogP contribution in [-0.4, -0.2) is 25.6 Å². The fourth-order valence-electron chi connectivity index (χ4n) is 2.14. The molecule has 0 aliphatic rings. The lowest BCUT2D eigenvalue weighted by atomic mass is 10.2. The summed E-state index contributed by atoms with van der Waals surface area (Å²) in [5.74, 6) is -1.02. The monoisotopic (exact) mass is 331 g/mol. The van der Waals surface area contributed by atoms with Gasteiger partial charge in [0.25, 0.3) is 0 Å². The van der Waals surface area contributed by atoms with E-state index in [9.17, 15) is 4.79 Å². The first-order valence-electron chi connectivity index (χ1n) is 5.92. The number of hydrogen-bond acceptors (Lipinski definition) is 3. The van der Waals surface area contributed by atoms with Gasteiger partial charge in [-0.15, -0.1) is 0 Å². The quantitative estimate of drug-likeness (QED) is 0.801. The van der Waals surface area contributed by atoms with Gasteiger partial charge in [-0.1, -0.05) is 22.0 Å². The minimum atomic E-state index is -1.02. The van der Waals surface area contributed by atoms with Crippen molar-refractivity contribution < 1.29 is 9.90 Å². The van der Waals surface area contributed by atoms with Crippen LogP contribution in [0.5, 0.6) is 0 Å². The summed E-state index contributed by atoms with van der Waals surface area (Å²) in [6.45, 7) is 0.393. The van der Waals surface area contributed by atoms with E-state index in [4.69, 9.17) is 5.11 Å². The van der Waals surface area contributed by atoms with Gasteiger partial charge in [0.2, 0.25) is 0 Å². The second kappa shape index (κ2) is 5.05. The molecule has 0 unspecified atom stereocenters. The Kier molecular flexibility index (Phi) is 3.23. The lowest BCUT2D eigenvalue weighted by molar-refractivity contribution is 0.0694. The third-order valence-corrected chi connectivity index (χ3v) is 3.80. The number of halogens is 1. The van der Waals surface area contributed by atoms with E-state index in [1.807, 2.05) is 35.0 Å². The second-order valence-corrected chi connectivity index (χ2v) is 5.16. The first-order chi connectivity index (χ1) is 9.66. The van der Waals surface area contributed by atoms with E-state index < -0.39 is 5.97 Å². The van der Waals surface area contributed by atoms with Gasteiger partial charge >= 0.3 is 5.97 Å². The summed E-state index contributed by atoms with van der Waals surface area (Å²) >= 11 is 3.50. The van der Waals surface area contributed by atoms with Crippen LogP contribution in [0.3, 0.4) is 0 Å². The van der Waals surface area contributed by atoms with Crippen LogP contribution in [0, 0.1) is 0 Å². The highest BCUT2D eigenvalue weighted by atomic mass is 79.9. The van der Waals surface area contributed by atoms with Crippen LogP contribution in [0.1, 0.15) is 16.1 Å². The largest absolute Gasteiger partial charge is 0.478 e. The zero-order valence-electron chi connectivity index (χ0n) is 10.3. The molecule has 2 heterocycles. The average Bonchev–Trinajstić information content (AvgIpc) is 2.84. The zero-order valence-corrected chi connectivity index (χ0v) is 11.9. The molecule has 0 radical (unpaired) electrons. The van der Waals surface area contributed by atoms with Gasteiger partial charge in [0.15, 0.2) is 0 Å². The number of rotatable bonds is 3. The molecule has 0 atom stereocenters. The number of aromatic carboxylic acids is 1. The number of carboxylic acid groups (broad SMARTS) is 1. The standard InChI is InChI=1S/C14H10BrN3O2/c15-11-2-1-3-13-9(11)4-5-18(13)7-12-10(14(19)20)6-16-8-17-12/h1-6,8H,7H2,(H,19,20). The average molecular weight is 332 g/mol. The molecule has 0 aliphatic carbocycles. The smallest absolute Gasteiger partial charge is 0.339 e. The molecule has 0 spiro atoms. The van der Waals surface area contributed by atoms with Crippen molar-refractivity contribution in [3.63, 3.8) is 0 Å². The summed E-state index contributed by atoms with van der Waals surface area (Å²) in [6, 6.07) is 7.89. The van der Waals surface area contributed by atoms with Gasteiger partial charge in [0.1, 0.15) is 11.9 Å². The Bertz CT molecular complexity index is 798. The highest BCUT2D eigenvalue weighted by Crippen LogP contribution is 2.25. The van der Waals surface area contributed by atoms with Crippen molar-refractivity contribution in [2.45, 2.75) is 6.54 Å². The molecule has 20 heavy (non-hydrogen) atoms.